The Kier molecular flexibility index (Phi) is 3.50. The lowest BCUT2D eigenvalue weighted by molar-refractivity contribution is 0.215. The van der Waals surface area contributed by atoms with Crippen molar-refractivity contribution in [1.29, 1.82) is 0 Å². The van der Waals surface area contributed by atoms with Crippen molar-refractivity contribution in [3.8, 4) is 11.4 Å². The molecule has 0 amide bonds. The first-order valence-corrected chi connectivity index (χ1v) is 8.22. The molecule has 0 aliphatic carbocycles. The fourth-order valence-corrected chi connectivity index (χ4v) is 3.49. The fourth-order valence-electron chi connectivity index (χ4n) is 2.11. The number of hydrogen-bond acceptors (Lipinski definition) is 6. The average molecular weight is 308 g/mol. The van der Waals surface area contributed by atoms with Gasteiger partial charge in [0.15, 0.2) is 0 Å². The monoisotopic (exact) mass is 308 g/mol. The highest BCUT2D eigenvalue weighted by atomic mass is 32.2. The van der Waals surface area contributed by atoms with E-state index in [1.54, 1.807) is 32.3 Å². The molecule has 1 saturated heterocycles. The molecule has 2 aromatic heterocycles. The van der Waals surface area contributed by atoms with E-state index in [-0.39, 0.29) is 5.92 Å². The molecule has 3 rings (SSSR count). The lowest BCUT2D eigenvalue weighted by Crippen LogP contribution is -2.50. The highest BCUT2D eigenvalue weighted by Crippen LogP contribution is 2.30. The summed E-state index contributed by atoms with van der Waals surface area (Å²) >= 11 is 0. The number of sulfonamides is 1. The predicted octanol–water partition coefficient (Wildman–Crippen LogP) is 1.27. The number of aromatic nitrogens is 3. The minimum Gasteiger partial charge on any atom is -0.339 e. The summed E-state index contributed by atoms with van der Waals surface area (Å²) in [5.74, 6) is 0.920. The van der Waals surface area contributed by atoms with Gasteiger partial charge in [-0.05, 0) is 26.0 Å². The number of hydrogen-bond donors (Lipinski definition) is 0. The Balaban J connectivity index is 1.70. The Morgan fingerprint density at radius 1 is 1.38 bits per heavy atom. The lowest BCUT2D eigenvalue weighted by Gasteiger charge is -2.36. The van der Waals surface area contributed by atoms with Gasteiger partial charge in [-0.2, -0.15) is 4.98 Å². The average Bonchev–Trinajstić information content (AvgIpc) is 2.87. The van der Waals surface area contributed by atoms with Crippen molar-refractivity contribution in [3.63, 3.8) is 0 Å². The van der Waals surface area contributed by atoms with Crippen molar-refractivity contribution in [2.45, 2.75) is 25.0 Å². The van der Waals surface area contributed by atoms with Crippen LogP contribution in [0.1, 0.15) is 25.7 Å². The van der Waals surface area contributed by atoms with E-state index in [1.165, 1.54) is 4.31 Å². The summed E-state index contributed by atoms with van der Waals surface area (Å²) in [6.07, 6.45) is 3.33. The van der Waals surface area contributed by atoms with E-state index < -0.39 is 15.3 Å². The Bertz CT molecular complexity index is 721. The minimum atomic E-state index is -3.19. The maximum absolute atomic E-state index is 12.0. The van der Waals surface area contributed by atoms with Gasteiger partial charge in [0.05, 0.1) is 11.2 Å². The van der Waals surface area contributed by atoms with Gasteiger partial charge in [0.2, 0.25) is 21.7 Å². The number of nitrogens with zero attached hydrogens (tertiary/aromatic N) is 4. The summed E-state index contributed by atoms with van der Waals surface area (Å²) in [7, 11) is -3.19. The maximum Gasteiger partial charge on any atom is 0.232 e. The first-order chi connectivity index (χ1) is 9.98. The Hall–Kier alpha value is -1.80. The van der Waals surface area contributed by atoms with E-state index in [0.717, 1.165) is 5.56 Å². The zero-order valence-electron chi connectivity index (χ0n) is 11.8. The van der Waals surface area contributed by atoms with Crippen LogP contribution in [0.4, 0.5) is 0 Å². The molecule has 1 aliphatic heterocycles. The quantitative estimate of drug-likeness (QED) is 0.845. The molecule has 3 heterocycles. The van der Waals surface area contributed by atoms with Crippen LogP contribution in [0, 0.1) is 0 Å². The van der Waals surface area contributed by atoms with Gasteiger partial charge < -0.3 is 4.52 Å². The molecule has 21 heavy (non-hydrogen) atoms. The molecule has 0 aromatic carbocycles. The second kappa shape index (κ2) is 5.19. The normalized spacial score (nSPS) is 17.1. The molecule has 1 aliphatic rings. The summed E-state index contributed by atoms with van der Waals surface area (Å²) in [5, 5.41) is 3.51. The van der Waals surface area contributed by atoms with Gasteiger partial charge >= 0.3 is 0 Å². The molecule has 0 radical (unpaired) electrons. The molecule has 0 atom stereocenters. The second-order valence-corrected chi connectivity index (χ2v) is 7.79. The SMILES string of the molecule is CC(C)S(=O)(=O)N1CC(c2nc(-c3cccnc3)no2)C1. The van der Waals surface area contributed by atoms with Gasteiger partial charge in [-0.3, -0.25) is 4.98 Å². The van der Waals surface area contributed by atoms with Crippen LogP contribution >= 0.6 is 0 Å². The molecule has 0 bridgehead atoms. The van der Waals surface area contributed by atoms with Crippen molar-refractivity contribution in [2.24, 2.45) is 0 Å². The van der Waals surface area contributed by atoms with Crippen LogP contribution in [0.5, 0.6) is 0 Å². The summed E-state index contributed by atoms with van der Waals surface area (Å²) < 4.78 is 30.6. The molecule has 7 nitrogen and oxygen atoms in total. The van der Waals surface area contributed by atoms with Gasteiger partial charge in [-0.1, -0.05) is 5.16 Å². The Labute approximate surface area is 123 Å². The van der Waals surface area contributed by atoms with Crippen LogP contribution < -0.4 is 0 Å². The molecular weight excluding hydrogens is 292 g/mol. The van der Waals surface area contributed by atoms with Gasteiger partial charge in [-0.15, -0.1) is 0 Å². The van der Waals surface area contributed by atoms with E-state index >= 15 is 0 Å². The van der Waals surface area contributed by atoms with Crippen LogP contribution in [0.25, 0.3) is 11.4 Å². The molecule has 1 fully saturated rings. The van der Waals surface area contributed by atoms with Gasteiger partial charge in [0.1, 0.15) is 0 Å². The summed E-state index contributed by atoms with van der Waals surface area (Å²) in [6.45, 7) is 4.15. The fraction of sp³-hybridized carbons (Fsp3) is 0.462. The van der Waals surface area contributed by atoms with E-state index in [4.69, 9.17) is 4.52 Å². The van der Waals surface area contributed by atoms with E-state index in [1.807, 2.05) is 6.07 Å². The zero-order chi connectivity index (χ0) is 15.0. The summed E-state index contributed by atoms with van der Waals surface area (Å²) in [4.78, 5) is 8.33. The molecule has 8 heteroatoms. The summed E-state index contributed by atoms with van der Waals surface area (Å²) in [5.41, 5.74) is 0.776. The first-order valence-electron chi connectivity index (χ1n) is 6.71. The van der Waals surface area contributed by atoms with Crippen LogP contribution in [0.3, 0.4) is 0 Å². The molecule has 112 valence electrons. The molecule has 0 saturated carbocycles. The van der Waals surface area contributed by atoms with Gasteiger partial charge in [-0.25, -0.2) is 12.7 Å². The Morgan fingerprint density at radius 2 is 2.14 bits per heavy atom. The number of pyridine rings is 1. The van der Waals surface area contributed by atoms with Gasteiger partial charge in [0, 0.05) is 31.0 Å². The van der Waals surface area contributed by atoms with E-state index in [0.29, 0.717) is 24.8 Å². The third kappa shape index (κ3) is 2.56. The third-order valence-electron chi connectivity index (χ3n) is 3.51. The van der Waals surface area contributed by atoms with E-state index in [9.17, 15) is 8.42 Å². The van der Waals surface area contributed by atoms with Gasteiger partial charge in [0.25, 0.3) is 0 Å². The largest absolute Gasteiger partial charge is 0.339 e. The van der Waals surface area contributed by atoms with Crippen molar-refractivity contribution in [3.05, 3.63) is 30.4 Å². The molecule has 0 spiro atoms. The first kappa shape index (κ1) is 14.2. The van der Waals surface area contributed by atoms with Crippen molar-refractivity contribution >= 4 is 10.0 Å². The highest BCUT2D eigenvalue weighted by Gasteiger charge is 2.40. The van der Waals surface area contributed by atoms with E-state index in [2.05, 4.69) is 15.1 Å². The number of rotatable bonds is 4. The smallest absolute Gasteiger partial charge is 0.232 e. The highest BCUT2D eigenvalue weighted by molar-refractivity contribution is 7.89. The predicted molar refractivity (Wildman–Crippen MR) is 75.9 cm³/mol. The molecule has 2 aromatic rings. The van der Waals surface area contributed by atoms with Crippen molar-refractivity contribution < 1.29 is 12.9 Å². The van der Waals surface area contributed by atoms with Crippen molar-refractivity contribution in [2.75, 3.05) is 13.1 Å². The van der Waals surface area contributed by atoms with Crippen LogP contribution in [0.2, 0.25) is 0 Å². The third-order valence-corrected chi connectivity index (χ3v) is 5.72. The van der Waals surface area contributed by atoms with Crippen LogP contribution in [-0.4, -0.2) is 46.2 Å². The zero-order valence-corrected chi connectivity index (χ0v) is 12.6. The molecule has 0 N–H and O–H groups in total. The standard InChI is InChI=1S/C13H16N4O3S/c1-9(2)21(18,19)17-7-11(8-17)13-15-12(16-20-13)10-4-3-5-14-6-10/h3-6,9,11H,7-8H2,1-2H3. The second-order valence-electron chi connectivity index (χ2n) is 5.31. The topological polar surface area (TPSA) is 89.2 Å². The molecular formula is C13H16N4O3S. The summed E-state index contributed by atoms with van der Waals surface area (Å²) in [6, 6.07) is 3.64. The molecule has 0 unspecified atom stereocenters. The Morgan fingerprint density at radius 3 is 2.76 bits per heavy atom. The van der Waals surface area contributed by atoms with Crippen LogP contribution in [0.15, 0.2) is 29.0 Å². The van der Waals surface area contributed by atoms with Crippen LogP contribution in [-0.2, 0) is 10.0 Å². The maximum atomic E-state index is 12.0. The minimum absolute atomic E-state index is 0.0311. The lowest BCUT2D eigenvalue weighted by atomic mass is 10.0. The van der Waals surface area contributed by atoms with Crippen molar-refractivity contribution in [1.82, 2.24) is 19.4 Å².